The van der Waals surface area contributed by atoms with Crippen molar-refractivity contribution in [2.45, 2.75) is 27.2 Å². The Morgan fingerprint density at radius 3 is 2.40 bits per heavy atom. The topological polar surface area (TPSA) is 58.2 Å². The van der Waals surface area contributed by atoms with Gasteiger partial charge < -0.3 is 10.6 Å². The molecule has 0 aliphatic carbocycles. The van der Waals surface area contributed by atoms with Crippen molar-refractivity contribution < 1.29 is 9.59 Å². The van der Waals surface area contributed by atoms with Gasteiger partial charge in [0.05, 0.1) is 0 Å². The first-order valence-corrected chi connectivity index (χ1v) is 8.58. The van der Waals surface area contributed by atoms with Gasteiger partial charge in [0.2, 0.25) is 11.8 Å². The van der Waals surface area contributed by atoms with E-state index < -0.39 is 5.41 Å². The minimum atomic E-state index is -1.19. The van der Waals surface area contributed by atoms with Crippen molar-refractivity contribution in [1.82, 2.24) is 5.32 Å². The number of carbonyl (C=O) groups excluding carboxylic acids is 2. The highest BCUT2D eigenvalue weighted by Gasteiger charge is 2.36. The van der Waals surface area contributed by atoms with Gasteiger partial charge in [-0.05, 0) is 50.5 Å². The molecule has 0 fully saturated rings. The van der Waals surface area contributed by atoms with Gasteiger partial charge in [0, 0.05) is 17.3 Å². The SMILES string of the molecule is Cc1ccc(Cl)cc1NC(=O)C(C)(C)C(=O)NCCc1ccccc1. The number of nitrogens with one attached hydrogen (secondary N) is 2. The Morgan fingerprint density at radius 1 is 1.04 bits per heavy atom. The van der Waals surface area contributed by atoms with E-state index in [2.05, 4.69) is 10.6 Å². The Labute approximate surface area is 153 Å². The lowest BCUT2D eigenvalue weighted by atomic mass is 9.90. The summed E-state index contributed by atoms with van der Waals surface area (Å²) in [4.78, 5) is 25.0. The summed E-state index contributed by atoms with van der Waals surface area (Å²) in [5, 5.41) is 6.17. The number of benzene rings is 2. The molecule has 2 aromatic rings. The van der Waals surface area contributed by atoms with Crippen LogP contribution in [0.25, 0.3) is 0 Å². The van der Waals surface area contributed by atoms with Crippen molar-refractivity contribution in [3.8, 4) is 0 Å². The van der Waals surface area contributed by atoms with E-state index in [0.29, 0.717) is 17.3 Å². The van der Waals surface area contributed by atoms with Crippen molar-refractivity contribution in [2.75, 3.05) is 11.9 Å². The number of hydrogen-bond donors (Lipinski definition) is 2. The maximum atomic E-state index is 12.6. The van der Waals surface area contributed by atoms with Crippen LogP contribution in [0, 0.1) is 12.3 Å². The van der Waals surface area contributed by atoms with Crippen molar-refractivity contribution in [3.05, 3.63) is 64.7 Å². The number of halogens is 1. The predicted molar refractivity (Wildman–Crippen MR) is 102 cm³/mol. The molecule has 0 aliphatic rings. The van der Waals surface area contributed by atoms with Gasteiger partial charge in [0.1, 0.15) is 5.41 Å². The molecule has 0 unspecified atom stereocenters. The molecule has 4 nitrogen and oxygen atoms in total. The Morgan fingerprint density at radius 2 is 1.72 bits per heavy atom. The first-order chi connectivity index (χ1) is 11.8. The first kappa shape index (κ1) is 19.0. The second kappa shape index (κ2) is 8.17. The summed E-state index contributed by atoms with van der Waals surface area (Å²) in [6.45, 7) is 5.58. The Kier molecular flexibility index (Phi) is 6.21. The molecule has 0 radical (unpaired) electrons. The van der Waals surface area contributed by atoms with Crippen LogP contribution in [0.15, 0.2) is 48.5 Å². The fraction of sp³-hybridized carbons (Fsp3) is 0.300. The Bertz CT molecular complexity index is 758. The van der Waals surface area contributed by atoms with Crippen LogP contribution in [0.4, 0.5) is 5.69 Å². The molecule has 0 heterocycles. The number of rotatable bonds is 6. The summed E-state index contributed by atoms with van der Waals surface area (Å²) < 4.78 is 0. The third-order valence-electron chi connectivity index (χ3n) is 4.13. The van der Waals surface area contributed by atoms with E-state index in [1.165, 1.54) is 0 Å². The first-order valence-electron chi connectivity index (χ1n) is 8.20. The number of anilines is 1. The maximum Gasteiger partial charge on any atom is 0.239 e. The molecule has 132 valence electrons. The monoisotopic (exact) mass is 358 g/mol. The zero-order valence-electron chi connectivity index (χ0n) is 14.7. The maximum absolute atomic E-state index is 12.6. The molecule has 2 amide bonds. The largest absolute Gasteiger partial charge is 0.355 e. The molecule has 0 aromatic heterocycles. The molecule has 0 saturated carbocycles. The molecule has 0 atom stereocenters. The molecule has 2 aromatic carbocycles. The van der Waals surface area contributed by atoms with Crippen molar-refractivity contribution >= 4 is 29.1 Å². The van der Waals surface area contributed by atoms with E-state index >= 15 is 0 Å². The van der Waals surface area contributed by atoms with Gasteiger partial charge >= 0.3 is 0 Å². The number of carbonyl (C=O) groups is 2. The number of amides is 2. The van der Waals surface area contributed by atoms with Crippen molar-refractivity contribution in [2.24, 2.45) is 5.41 Å². The molecule has 2 rings (SSSR count). The third kappa shape index (κ3) is 5.07. The predicted octanol–water partition coefficient (Wildman–Crippen LogP) is 3.97. The highest BCUT2D eigenvalue weighted by molar-refractivity contribution is 6.31. The summed E-state index contributed by atoms with van der Waals surface area (Å²) in [5.74, 6) is -0.671. The molecule has 0 saturated heterocycles. The molecule has 2 N–H and O–H groups in total. The lowest BCUT2D eigenvalue weighted by Gasteiger charge is -2.23. The molecule has 0 spiro atoms. The van der Waals surface area contributed by atoms with E-state index in [1.54, 1.807) is 26.0 Å². The summed E-state index contributed by atoms with van der Waals surface area (Å²) in [6.07, 6.45) is 0.720. The number of hydrogen-bond acceptors (Lipinski definition) is 2. The van der Waals surface area contributed by atoms with Crippen LogP contribution in [0.2, 0.25) is 5.02 Å². The second-order valence-corrected chi connectivity index (χ2v) is 6.97. The molecule has 5 heteroatoms. The zero-order chi connectivity index (χ0) is 18.4. The summed E-state index contributed by atoms with van der Waals surface area (Å²) >= 11 is 5.97. The third-order valence-corrected chi connectivity index (χ3v) is 4.36. The summed E-state index contributed by atoms with van der Waals surface area (Å²) in [5.41, 5.74) is 1.45. The van der Waals surface area contributed by atoms with Crippen LogP contribution in [0.1, 0.15) is 25.0 Å². The van der Waals surface area contributed by atoms with Crippen LogP contribution < -0.4 is 10.6 Å². The van der Waals surface area contributed by atoms with Gasteiger partial charge in [-0.3, -0.25) is 9.59 Å². The van der Waals surface area contributed by atoms with Crippen LogP contribution in [-0.2, 0) is 16.0 Å². The molecule has 0 aliphatic heterocycles. The fourth-order valence-corrected chi connectivity index (χ4v) is 2.47. The second-order valence-electron chi connectivity index (χ2n) is 6.53. The normalized spacial score (nSPS) is 11.0. The van der Waals surface area contributed by atoms with Crippen molar-refractivity contribution in [1.29, 1.82) is 0 Å². The van der Waals surface area contributed by atoms with Gasteiger partial charge in [0.15, 0.2) is 0 Å². The lowest BCUT2D eigenvalue weighted by molar-refractivity contribution is -0.138. The van der Waals surface area contributed by atoms with Gasteiger partial charge in [-0.15, -0.1) is 0 Å². The van der Waals surface area contributed by atoms with E-state index in [0.717, 1.165) is 17.5 Å². The van der Waals surface area contributed by atoms with Gasteiger partial charge in [0.25, 0.3) is 0 Å². The average Bonchev–Trinajstić information content (AvgIpc) is 2.58. The quantitative estimate of drug-likeness (QED) is 0.767. The minimum absolute atomic E-state index is 0.305. The van der Waals surface area contributed by atoms with Gasteiger partial charge in [-0.2, -0.15) is 0 Å². The van der Waals surface area contributed by atoms with Crippen LogP contribution in [-0.4, -0.2) is 18.4 Å². The van der Waals surface area contributed by atoms with E-state index in [4.69, 9.17) is 11.6 Å². The number of aryl methyl sites for hydroxylation is 1. The highest BCUT2D eigenvalue weighted by atomic mass is 35.5. The van der Waals surface area contributed by atoms with Crippen LogP contribution >= 0.6 is 11.6 Å². The van der Waals surface area contributed by atoms with Crippen molar-refractivity contribution in [3.63, 3.8) is 0 Å². The molecule has 0 bridgehead atoms. The fourth-order valence-electron chi connectivity index (χ4n) is 2.30. The van der Waals surface area contributed by atoms with E-state index in [-0.39, 0.29) is 11.8 Å². The minimum Gasteiger partial charge on any atom is -0.355 e. The smallest absolute Gasteiger partial charge is 0.239 e. The lowest BCUT2D eigenvalue weighted by Crippen LogP contribution is -2.45. The molecule has 25 heavy (non-hydrogen) atoms. The molecular weight excluding hydrogens is 336 g/mol. The van der Waals surface area contributed by atoms with Gasteiger partial charge in [-0.1, -0.05) is 48.0 Å². The van der Waals surface area contributed by atoms with Crippen LogP contribution in [0.3, 0.4) is 0 Å². The Balaban J connectivity index is 1.95. The highest BCUT2D eigenvalue weighted by Crippen LogP contribution is 2.24. The summed E-state index contributed by atoms with van der Waals surface area (Å²) in [6, 6.07) is 15.1. The van der Waals surface area contributed by atoms with Gasteiger partial charge in [-0.25, -0.2) is 0 Å². The standard InChI is InChI=1S/C20H23ClN2O2/c1-14-9-10-16(21)13-17(14)23-19(25)20(2,3)18(24)22-12-11-15-7-5-4-6-8-15/h4-10,13H,11-12H2,1-3H3,(H,22,24)(H,23,25). The van der Waals surface area contributed by atoms with E-state index in [9.17, 15) is 9.59 Å². The molecular formula is C20H23ClN2O2. The zero-order valence-corrected chi connectivity index (χ0v) is 15.5. The average molecular weight is 359 g/mol. The Hall–Kier alpha value is -2.33. The summed E-state index contributed by atoms with van der Waals surface area (Å²) in [7, 11) is 0. The van der Waals surface area contributed by atoms with E-state index in [1.807, 2.05) is 43.3 Å². The van der Waals surface area contributed by atoms with Crippen LogP contribution in [0.5, 0.6) is 0 Å².